The summed E-state index contributed by atoms with van der Waals surface area (Å²) in [5.41, 5.74) is 0.714. The maximum absolute atomic E-state index is 13.1. The topological polar surface area (TPSA) is 105 Å². The molecular weight excluding hydrogens is 461 g/mol. The summed E-state index contributed by atoms with van der Waals surface area (Å²) in [7, 11) is -3.69. The minimum Gasteiger partial charge on any atom is -0.492 e. The lowest BCUT2D eigenvalue weighted by Crippen LogP contribution is -2.52. The van der Waals surface area contributed by atoms with E-state index in [0.29, 0.717) is 31.4 Å². The van der Waals surface area contributed by atoms with Crippen molar-refractivity contribution in [2.75, 3.05) is 13.2 Å². The van der Waals surface area contributed by atoms with Crippen LogP contribution in [0.4, 0.5) is 9.18 Å². The molecule has 1 aliphatic carbocycles. The number of carbonyl (C=O) groups excluding carboxylic acids is 2. The lowest BCUT2D eigenvalue weighted by molar-refractivity contribution is -0.132. The van der Waals surface area contributed by atoms with Gasteiger partial charge in [0.05, 0.1) is 11.4 Å². The second-order valence-electron chi connectivity index (χ2n) is 8.99. The summed E-state index contributed by atoms with van der Waals surface area (Å²) in [6, 6.07) is 9.85. The van der Waals surface area contributed by atoms with Crippen LogP contribution in [0.1, 0.15) is 36.8 Å². The highest BCUT2D eigenvalue weighted by molar-refractivity contribution is 7.89. The van der Waals surface area contributed by atoms with E-state index in [9.17, 15) is 22.4 Å². The fourth-order valence-corrected chi connectivity index (χ4v) is 6.10. The molecule has 182 valence electrons. The van der Waals surface area contributed by atoms with Crippen molar-refractivity contribution in [3.8, 4) is 5.75 Å². The van der Waals surface area contributed by atoms with E-state index in [4.69, 9.17) is 4.74 Å². The molecule has 2 aromatic carbocycles. The van der Waals surface area contributed by atoms with E-state index >= 15 is 0 Å². The molecule has 4 rings (SSSR count). The minimum atomic E-state index is -3.69. The lowest BCUT2D eigenvalue weighted by atomic mass is 9.79. The zero-order valence-electron chi connectivity index (χ0n) is 19.1. The van der Waals surface area contributed by atoms with Gasteiger partial charge < -0.3 is 10.1 Å². The molecule has 1 saturated carbocycles. The zero-order chi connectivity index (χ0) is 24.5. The van der Waals surface area contributed by atoms with Crippen LogP contribution < -0.4 is 14.8 Å². The van der Waals surface area contributed by atoms with Gasteiger partial charge in [-0.2, -0.15) is 0 Å². The Morgan fingerprint density at radius 3 is 2.32 bits per heavy atom. The number of imide groups is 1. The molecule has 8 nitrogen and oxygen atoms in total. The van der Waals surface area contributed by atoms with Gasteiger partial charge in [-0.25, -0.2) is 22.3 Å². The Morgan fingerprint density at radius 2 is 1.71 bits per heavy atom. The number of aryl methyl sites for hydroxylation is 2. The Bertz CT molecular complexity index is 1170. The number of amides is 3. The number of nitrogens with zero attached hydrogens (tertiary/aromatic N) is 1. The number of ether oxygens (including phenoxy) is 1. The molecule has 3 amide bonds. The van der Waals surface area contributed by atoms with Crippen LogP contribution >= 0.6 is 0 Å². The predicted octanol–water partition coefficient (Wildman–Crippen LogP) is 3.03. The molecule has 2 N–H and O–H groups in total. The zero-order valence-corrected chi connectivity index (χ0v) is 20.0. The van der Waals surface area contributed by atoms with E-state index < -0.39 is 21.6 Å². The Kier molecular flexibility index (Phi) is 6.64. The highest BCUT2D eigenvalue weighted by atomic mass is 32.2. The van der Waals surface area contributed by atoms with Gasteiger partial charge in [-0.05, 0) is 87.1 Å². The van der Waals surface area contributed by atoms with Crippen LogP contribution in [-0.2, 0) is 14.8 Å². The van der Waals surface area contributed by atoms with E-state index in [1.807, 2.05) is 19.9 Å². The molecule has 0 bridgehead atoms. The Hall–Kier alpha value is -2.98. The molecule has 1 saturated heterocycles. The average Bonchev–Trinajstić information content (AvgIpc) is 3.00. The van der Waals surface area contributed by atoms with Crippen molar-refractivity contribution >= 4 is 22.0 Å². The summed E-state index contributed by atoms with van der Waals surface area (Å²) in [6.07, 6.45) is 1.53. The van der Waals surface area contributed by atoms with Crippen molar-refractivity contribution in [3.63, 3.8) is 0 Å². The van der Waals surface area contributed by atoms with Crippen LogP contribution in [0.3, 0.4) is 0 Å². The van der Waals surface area contributed by atoms with Crippen molar-refractivity contribution in [2.45, 2.75) is 56.0 Å². The minimum absolute atomic E-state index is 0.0621. The number of urea groups is 1. The second kappa shape index (κ2) is 9.34. The summed E-state index contributed by atoms with van der Waals surface area (Å²) < 4.78 is 47.0. The second-order valence-corrected chi connectivity index (χ2v) is 10.7. The number of rotatable bonds is 7. The van der Waals surface area contributed by atoms with Crippen LogP contribution in [0.5, 0.6) is 5.75 Å². The van der Waals surface area contributed by atoms with Crippen molar-refractivity contribution in [2.24, 2.45) is 0 Å². The first-order chi connectivity index (χ1) is 16.1. The monoisotopic (exact) mass is 489 g/mol. The van der Waals surface area contributed by atoms with Gasteiger partial charge in [0.25, 0.3) is 5.91 Å². The maximum atomic E-state index is 13.1. The fourth-order valence-electron chi connectivity index (χ4n) is 4.61. The third-order valence-corrected chi connectivity index (χ3v) is 7.81. The molecule has 2 aromatic rings. The standard InChI is InChI=1S/C24H28FN3O5S/c1-16-13-17(2)15-21(14-16)34(31,32)27-19-7-9-24(10-8-19)22(29)28(23(30)26-24)11-12-33-20-5-3-18(25)4-6-20/h3-6,13-15,19,27H,7-12H2,1-2H3,(H,26,30). The van der Waals surface area contributed by atoms with Gasteiger partial charge in [-0.15, -0.1) is 0 Å². The number of hydrogen-bond acceptors (Lipinski definition) is 5. The molecule has 0 radical (unpaired) electrons. The van der Waals surface area contributed by atoms with Gasteiger partial charge in [0.2, 0.25) is 10.0 Å². The smallest absolute Gasteiger partial charge is 0.325 e. The predicted molar refractivity (Wildman–Crippen MR) is 123 cm³/mol. The summed E-state index contributed by atoms with van der Waals surface area (Å²) in [5, 5.41) is 2.81. The normalized spacial score (nSPS) is 22.8. The molecule has 1 heterocycles. The summed E-state index contributed by atoms with van der Waals surface area (Å²) in [4.78, 5) is 26.9. The number of halogens is 1. The van der Waals surface area contributed by atoms with Gasteiger partial charge in [0, 0.05) is 6.04 Å². The fraction of sp³-hybridized carbons (Fsp3) is 0.417. The lowest BCUT2D eigenvalue weighted by Gasteiger charge is -2.35. The van der Waals surface area contributed by atoms with Crippen LogP contribution in [0, 0.1) is 19.7 Å². The third-order valence-electron chi connectivity index (χ3n) is 6.31. The van der Waals surface area contributed by atoms with Gasteiger partial charge in [0.1, 0.15) is 23.7 Å². The van der Waals surface area contributed by atoms with Gasteiger partial charge in [-0.3, -0.25) is 9.69 Å². The first kappa shape index (κ1) is 24.2. The maximum Gasteiger partial charge on any atom is 0.325 e. The molecule has 1 spiro atoms. The third kappa shape index (κ3) is 5.07. The molecule has 0 atom stereocenters. The van der Waals surface area contributed by atoms with Crippen LogP contribution in [-0.4, -0.2) is 50.0 Å². The highest BCUT2D eigenvalue weighted by Crippen LogP contribution is 2.34. The number of carbonyl (C=O) groups is 2. The molecule has 1 aliphatic heterocycles. The van der Waals surface area contributed by atoms with Crippen LogP contribution in [0.25, 0.3) is 0 Å². The van der Waals surface area contributed by atoms with Gasteiger partial charge >= 0.3 is 6.03 Å². The molecular formula is C24H28FN3O5S. The summed E-state index contributed by atoms with van der Waals surface area (Å²) in [6.45, 7) is 3.84. The van der Waals surface area contributed by atoms with E-state index in [0.717, 1.165) is 16.0 Å². The van der Waals surface area contributed by atoms with Gasteiger partial charge in [0.15, 0.2) is 0 Å². The molecule has 34 heavy (non-hydrogen) atoms. The first-order valence-corrected chi connectivity index (χ1v) is 12.7. The van der Waals surface area contributed by atoms with Crippen molar-refractivity contribution in [1.29, 1.82) is 0 Å². The SMILES string of the molecule is Cc1cc(C)cc(S(=O)(=O)NC2CCC3(CC2)NC(=O)N(CCOc2ccc(F)cc2)C3=O)c1. The summed E-state index contributed by atoms with van der Waals surface area (Å²) >= 11 is 0. The molecule has 0 unspecified atom stereocenters. The van der Waals surface area contributed by atoms with E-state index in [2.05, 4.69) is 10.0 Å². The van der Waals surface area contributed by atoms with Crippen molar-refractivity contribution in [3.05, 3.63) is 59.4 Å². The van der Waals surface area contributed by atoms with Crippen LogP contribution in [0.2, 0.25) is 0 Å². The molecule has 0 aromatic heterocycles. The van der Waals surface area contributed by atoms with Crippen LogP contribution in [0.15, 0.2) is 47.4 Å². The largest absolute Gasteiger partial charge is 0.492 e. The molecule has 2 fully saturated rings. The molecule has 2 aliphatic rings. The Morgan fingerprint density at radius 1 is 1.09 bits per heavy atom. The van der Waals surface area contributed by atoms with E-state index in [1.165, 1.54) is 24.3 Å². The van der Waals surface area contributed by atoms with E-state index in [-0.39, 0.29) is 35.8 Å². The van der Waals surface area contributed by atoms with Crippen molar-refractivity contribution < 1.29 is 27.1 Å². The first-order valence-electron chi connectivity index (χ1n) is 11.2. The Balaban J connectivity index is 1.33. The number of nitrogens with one attached hydrogen (secondary N) is 2. The van der Waals surface area contributed by atoms with E-state index in [1.54, 1.807) is 12.1 Å². The number of sulfonamides is 1. The quantitative estimate of drug-likeness (QED) is 0.582. The molecule has 10 heteroatoms. The average molecular weight is 490 g/mol. The number of hydrogen-bond donors (Lipinski definition) is 2. The highest BCUT2D eigenvalue weighted by Gasteiger charge is 2.52. The summed E-state index contributed by atoms with van der Waals surface area (Å²) in [5.74, 6) is -0.258. The number of benzene rings is 2. The van der Waals surface area contributed by atoms with Crippen molar-refractivity contribution in [1.82, 2.24) is 14.9 Å². The Labute approximate surface area is 198 Å². The van der Waals surface area contributed by atoms with Gasteiger partial charge in [-0.1, -0.05) is 6.07 Å².